The van der Waals surface area contributed by atoms with Gasteiger partial charge in [0.15, 0.2) is 5.78 Å². The molecular formula is C24H31N7O2. The van der Waals surface area contributed by atoms with E-state index >= 15 is 0 Å². The second-order valence-electron chi connectivity index (χ2n) is 9.05. The summed E-state index contributed by atoms with van der Waals surface area (Å²) in [7, 11) is 0. The lowest BCUT2D eigenvalue weighted by Gasteiger charge is -2.29. The zero-order valence-corrected chi connectivity index (χ0v) is 19.3. The number of nitrogens with zero attached hydrogens (tertiary/aromatic N) is 4. The topological polar surface area (TPSA) is 104 Å². The Morgan fingerprint density at radius 1 is 1.18 bits per heavy atom. The summed E-state index contributed by atoms with van der Waals surface area (Å²) < 4.78 is 1.81. The Balaban J connectivity index is 1.41. The Kier molecular flexibility index (Phi) is 5.88. The Bertz CT molecular complexity index is 1140. The molecule has 2 aromatic heterocycles. The van der Waals surface area contributed by atoms with E-state index in [-0.39, 0.29) is 17.4 Å². The number of hydrogen-bond acceptors (Lipinski definition) is 8. The number of Topliss-reactive ketones (excluding diaryl/α,β-unsaturated/α-hetero) is 1. The van der Waals surface area contributed by atoms with E-state index in [1.54, 1.807) is 0 Å². The Labute approximate surface area is 193 Å². The van der Waals surface area contributed by atoms with Gasteiger partial charge in [-0.3, -0.25) is 14.2 Å². The Morgan fingerprint density at radius 3 is 2.61 bits per heavy atom. The van der Waals surface area contributed by atoms with Gasteiger partial charge in [0.2, 0.25) is 5.96 Å². The number of guanidine groups is 1. The van der Waals surface area contributed by atoms with Gasteiger partial charge in [-0.05, 0) is 44.4 Å². The molecule has 0 amide bonds. The van der Waals surface area contributed by atoms with Crippen LogP contribution in [0.4, 0.5) is 17.3 Å². The van der Waals surface area contributed by atoms with Crippen molar-refractivity contribution >= 4 is 29.1 Å². The third kappa shape index (κ3) is 4.13. The van der Waals surface area contributed by atoms with E-state index in [1.165, 1.54) is 6.92 Å². The molecule has 0 atom stereocenters. The molecule has 1 saturated heterocycles. The molecule has 3 aliphatic rings. The number of anilines is 3. The van der Waals surface area contributed by atoms with Gasteiger partial charge >= 0.3 is 0 Å². The SMILES string of the molecule is CC(=O)c1c(C)c2c(n(C3CCCC3)c1=O)NC(Nc1ccc(N3CCNCC3)cn1)=NC2. The lowest BCUT2D eigenvalue weighted by Crippen LogP contribution is -2.43. The van der Waals surface area contributed by atoms with Gasteiger partial charge < -0.3 is 20.9 Å². The largest absolute Gasteiger partial charge is 0.368 e. The Morgan fingerprint density at radius 2 is 1.94 bits per heavy atom. The van der Waals surface area contributed by atoms with Gasteiger partial charge in [0.25, 0.3) is 5.56 Å². The van der Waals surface area contributed by atoms with Crippen molar-refractivity contribution in [3.05, 3.63) is 45.4 Å². The fourth-order valence-corrected chi connectivity index (χ4v) is 5.18. The van der Waals surface area contributed by atoms with Crippen molar-refractivity contribution in [1.82, 2.24) is 14.9 Å². The summed E-state index contributed by atoms with van der Waals surface area (Å²) in [5, 5.41) is 9.97. The minimum Gasteiger partial charge on any atom is -0.368 e. The molecule has 4 heterocycles. The van der Waals surface area contributed by atoms with Crippen LogP contribution in [0.25, 0.3) is 0 Å². The van der Waals surface area contributed by atoms with Gasteiger partial charge in [0.05, 0.1) is 24.0 Å². The van der Waals surface area contributed by atoms with Gasteiger partial charge in [-0.15, -0.1) is 0 Å². The molecule has 2 fully saturated rings. The molecule has 0 unspecified atom stereocenters. The molecule has 174 valence electrons. The smallest absolute Gasteiger partial charge is 0.263 e. The lowest BCUT2D eigenvalue weighted by atomic mass is 9.99. The monoisotopic (exact) mass is 449 g/mol. The predicted octanol–water partition coefficient (Wildman–Crippen LogP) is 2.67. The molecule has 0 radical (unpaired) electrons. The summed E-state index contributed by atoms with van der Waals surface area (Å²) in [4.78, 5) is 37.2. The Hall–Kier alpha value is -3.20. The van der Waals surface area contributed by atoms with Gasteiger partial charge in [-0.1, -0.05) is 12.8 Å². The van der Waals surface area contributed by atoms with Crippen molar-refractivity contribution in [2.75, 3.05) is 41.7 Å². The molecule has 2 aliphatic heterocycles. The zero-order chi connectivity index (χ0) is 22.9. The number of fused-ring (bicyclic) bond motifs is 1. The number of carbonyl (C=O) groups excluding carboxylic acids is 1. The van der Waals surface area contributed by atoms with Crippen molar-refractivity contribution in [2.24, 2.45) is 4.99 Å². The first-order valence-corrected chi connectivity index (χ1v) is 11.8. The molecule has 5 rings (SSSR count). The normalized spacial score (nSPS) is 18.5. The van der Waals surface area contributed by atoms with E-state index in [9.17, 15) is 9.59 Å². The van der Waals surface area contributed by atoms with Crippen LogP contribution in [0.1, 0.15) is 60.1 Å². The van der Waals surface area contributed by atoms with E-state index in [4.69, 9.17) is 0 Å². The number of aliphatic imine (C=N–C) groups is 1. The van der Waals surface area contributed by atoms with E-state index in [0.29, 0.717) is 23.9 Å². The second kappa shape index (κ2) is 8.97. The van der Waals surface area contributed by atoms with Crippen molar-refractivity contribution in [1.29, 1.82) is 0 Å². The second-order valence-corrected chi connectivity index (χ2v) is 9.05. The summed E-state index contributed by atoms with van der Waals surface area (Å²) in [6.45, 7) is 7.63. The molecule has 1 aliphatic carbocycles. The first kappa shape index (κ1) is 21.6. The van der Waals surface area contributed by atoms with Crippen LogP contribution >= 0.6 is 0 Å². The number of piperazine rings is 1. The molecule has 1 saturated carbocycles. The predicted molar refractivity (Wildman–Crippen MR) is 131 cm³/mol. The van der Waals surface area contributed by atoms with Gasteiger partial charge in [0, 0.05) is 37.8 Å². The highest BCUT2D eigenvalue weighted by atomic mass is 16.1. The van der Waals surface area contributed by atoms with E-state index in [0.717, 1.165) is 74.5 Å². The van der Waals surface area contributed by atoms with Crippen LogP contribution in [0.2, 0.25) is 0 Å². The van der Waals surface area contributed by atoms with Crippen LogP contribution in [0.15, 0.2) is 28.1 Å². The quantitative estimate of drug-likeness (QED) is 0.617. The number of rotatable bonds is 4. The minimum absolute atomic E-state index is 0.105. The average molecular weight is 450 g/mol. The van der Waals surface area contributed by atoms with Crippen LogP contribution in [0.5, 0.6) is 0 Å². The fourth-order valence-electron chi connectivity index (χ4n) is 5.18. The molecule has 9 heteroatoms. The van der Waals surface area contributed by atoms with Crippen LogP contribution < -0.4 is 26.4 Å². The van der Waals surface area contributed by atoms with Crippen LogP contribution in [0.3, 0.4) is 0 Å². The highest BCUT2D eigenvalue weighted by molar-refractivity contribution is 6.05. The van der Waals surface area contributed by atoms with Crippen molar-refractivity contribution < 1.29 is 4.79 Å². The number of ketones is 1. The van der Waals surface area contributed by atoms with Crippen molar-refractivity contribution in [2.45, 2.75) is 52.1 Å². The van der Waals surface area contributed by atoms with E-state index < -0.39 is 0 Å². The standard InChI is InChI=1S/C24H31N7O2/c1-15-19-14-27-24(28-20-8-7-18(13-26-20)30-11-9-25-10-12-30)29-22(19)31(17-5-3-4-6-17)23(33)21(15)16(2)32/h7-8,13,17,25H,3-6,9-12,14H2,1-2H3,(H2,26,27,28,29). The number of hydrogen-bond donors (Lipinski definition) is 3. The number of nitrogens with one attached hydrogen (secondary N) is 3. The molecule has 0 bridgehead atoms. The molecular weight excluding hydrogens is 418 g/mol. The molecule has 3 N–H and O–H groups in total. The fraction of sp³-hybridized carbons (Fsp3) is 0.500. The summed E-state index contributed by atoms with van der Waals surface area (Å²) in [5.41, 5.74) is 2.84. The van der Waals surface area contributed by atoms with Gasteiger partial charge in [-0.2, -0.15) is 0 Å². The summed E-state index contributed by atoms with van der Waals surface area (Å²) >= 11 is 0. The average Bonchev–Trinajstić information content (AvgIpc) is 3.34. The third-order valence-corrected chi connectivity index (χ3v) is 6.94. The van der Waals surface area contributed by atoms with Crippen LogP contribution in [-0.2, 0) is 6.54 Å². The first-order valence-electron chi connectivity index (χ1n) is 11.8. The molecule has 33 heavy (non-hydrogen) atoms. The number of carbonyl (C=O) groups is 1. The maximum atomic E-state index is 13.4. The summed E-state index contributed by atoms with van der Waals surface area (Å²) in [6, 6.07) is 4.12. The highest BCUT2D eigenvalue weighted by Crippen LogP contribution is 2.34. The van der Waals surface area contributed by atoms with Gasteiger partial charge in [0.1, 0.15) is 11.6 Å². The first-order chi connectivity index (χ1) is 16.0. The summed E-state index contributed by atoms with van der Waals surface area (Å²) in [5.74, 6) is 1.82. The zero-order valence-electron chi connectivity index (χ0n) is 19.3. The van der Waals surface area contributed by atoms with E-state index in [1.807, 2.05) is 23.8 Å². The third-order valence-electron chi connectivity index (χ3n) is 6.94. The van der Waals surface area contributed by atoms with E-state index in [2.05, 4.69) is 36.9 Å². The molecule has 0 aromatic carbocycles. The highest BCUT2D eigenvalue weighted by Gasteiger charge is 2.29. The minimum atomic E-state index is -0.196. The van der Waals surface area contributed by atoms with Crippen LogP contribution in [0, 0.1) is 6.92 Å². The lowest BCUT2D eigenvalue weighted by molar-refractivity contribution is 0.101. The maximum absolute atomic E-state index is 13.4. The summed E-state index contributed by atoms with van der Waals surface area (Å²) in [6.07, 6.45) is 5.96. The molecule has 0 spiro atoms. The number of aromatic nitrogens is 2. The van der Waals surface area contributed by atoms with Crippen LogP contribution in [-0.4, -0.2) is 47.5 Å². The van der Waals surface area contributed by atoms with Crippen molar-refractivity contribution in [3.63, 3.8) is 0 Å². The van der Waals surface area contributed by atoms with Crippen molar-refractivity contribution in [3.8, 4) is 0 Å². The molecule has 9 nitrogen and oxygen atoms in total. The number of pyridine rings is 2. The molecule has 2 aromatic rings. The maximum Gasteiger partial charge on any atom is 0.263 e. The van der Waals surface area contributed by atoms with Gasteiger partial charge in [-0.25, -0.2) is 9.98 Å².